The van der Waals surface area contributed by atoms with E-state index >= 15 is 0 Å². The molecule has 1 saturated heterocycles. The second-order valence-corrected chi connectivity index (χ2v) is 9.91. The molecule has 0 amide bonds. The molecule has 1 N–H and O–H groups in total. The van der Waals surface area contributed by atoms with Gasteiger partial charge in [0.2, 0.25) is 10.0 Å². The highest BCUT2D eigenvalue weighted by molar-refractivity contribution is 7.89. The van der Waals surface area contributed by atoms with Crippen molar-refractivity contribution in [1.29, 1.82) is 0 Å². The van der Waals surface area contributed by atoms with Crippen molar-refractivity contribution in [2.75, 3.05) is 51.3 Å². The van der Waals surface area contributed by atoms with Gasteiger partial charge in [0.05, 0.1) is 17.7 Å². The van der Waals surface area contributed by atoms with Gasteiger partial charge in [-0.25, -0.2) is 13.1 Å². The van der Waals surface area contributed by atoms with Crippen molar-refractivity contribution in [3.05, 3.63) is 78.9 Å². The Hall–Kier alpha value is -2.87. The van der Waals surface area contributed by atoms with Crippen molar-refractivity contribution < 1.29 is 13.2 Å². The van der Waals surface area contributed by atoms with Gasteiger partial charge in [0.1, 0.15) is 5.75 Å². The summed E-state index contributed by atoms with van der Waals surface area (Å²) in [6.07, 6.45) is 0.774. The zero-order chi connectivity index (χ0) is 23.1. The summed E-state index contributed by atoms with van der Waals surface area (Å²) in [6, 6.07) is 25.1. The van der Waals surface area contributed by atoms with Gasteiger partial charge in [-0.3, -0.25) is 4.90 Å². The Balaban J connectivity index is 1.22. The fraction of sp³-hybridized carbons (Fsp3) is 0.308. The number of nitrogens with one attached hydrogen (secondary N) is 1. The van der Waals surface area contributed by atoms with E-state index in [1.165, 1.54) is 0 Å². The lowest BCUT2D eigenvalue weighted by molar-refractivity contribution is 0.254. The van der Waals surface area contributed by atoms with Crippen molar-refractivity contribution in [2.24, 2.45) is 0 Å². The maximum Gasteiger partial charge on any atom is 0.240 e. The number of piperazine rings is 1. The Morgan fingerprint density at radius 1 is 0.818 bits per heavy atom. The average molecular weight is 466 g/mol. The highest BCUT2D eigenvalue weighted by atomic mass is 32.2. The highest BCUT2D eigenvalue weighted by Crippen LogP contribution is 2.28. The van der Waals surface area contributed by atoms with Crippen LogP contribution in [0, 0.1) is 0 Å². The molecule has 3 aromatic carbocycles. The second-order valence-electron chi connectivity index (χ2n) is 8.14. The monoisotopic (exact) mass is 465 g/mol. The Labute approximate surface area is 196 Å². The minimum atomic E-state index is -3.51. The first kappa shape index (κ1) is 23.3. The highest BCUT2D eigenvalue weighted by Gasteiger charge is 2.19. The van der Waals surface area contributed by atoms with Gasteiger partial charge in [0.15, 0.2) is 0 Å². The van der Waals surface area contributed by atoms with Gasteiger partial charge in [0, 0.05) is 32.7 Å². The molecule has 4 rings (SSSR count). The third kappa shape index (κ3) is 5.93. The van der Waals surface area contributed by atoms with Crippen molar-refractivity contribution in [3.63, 3.8) is 0 Å². The van der Waals surface area contributed by atoms with E-state index in [1.807, 2.05) is 60.7 Å². The van der Waals surface area contributed by atoms with E-state index in [1.54, 1.807) is 19.2 Å². The summed E-state index contributed by atoms with van der Waals surface area (Å²) >= 11 is 0. The summed E-state index contributed by atoms with van der Waals surface area (Å²) in [7, 11) is -1.80. The predicted molar refractivity (Wildman–Crippen MR) is 133 cm³/mol. The first-order chi connectivity index (χ1) is 16.1. The van der Waals surface area contributed by atoms with Gasteiger partial charge < -0.3 is 9.64 Å². The third-order valence-electron chi connectivity index (χ3n) is 6.01. The van der Waals surface area contributed by atoms with Crippen LogP contribution in [-0.2, 0) is 10.0 Å². The quantitative estimate of drug-likeness (QED) is 0.487. The normalized spacial score (nSPS) is 14.9. The summed E-state index contributed by atoms with van der Waals surface area (Å²) in [6.45, 7) is 5.06. The Morgan fingerprint density at radius 3 is 2.15 bits per heavy atom. The number of methoxy groups -OCH3 is 1. The van der Waals surface area contributed by atoms with Crippen LogP contribution in [0.5, 0.6) is 5.75 Å². The summed E-state index contributed by atoms with van der Waals surface area (Å²) in [4.78, 5) is 5.03. The van der Waals surface area contributed by atoms with Gasteiger partial charge >= 0.3 is 0 Å². The molecule has 0 atom stereocenters. The van der Waals surface area contributed by atoms with Crippen LogP contribution in [-0.4, -0.2) is 59.7 Å². The van der Waals surface area contributed by atoms with Gasteiger partial charge in [-0.15, -0.1) is 0 Å². The van der Waals surface area contributed by atoms with Gasteiger partial charge in [-0.05, 0) is 48.4 Å². The molecule has 1 aliphatic rings. The topological polar surface area (TPSA) is 61.9 Å². The van der Waals surface area contributed by atoms with Gasteiger partial charge in [-0.1, -0.05) is 54.6 Å². The number of sulfonamides is 1. The number of hydrogen-bond donors (Lipinski definition) is 1. The lowest BCUT2D eigenvalue weighted by Gasteiger charge is -2.36. The Morgan fingerprint density at radius 2 is 1.45 bits per heavy atom. The van der Waals surface area contributed by atoms with E-state index in [9.17, 15) is 8.42 Å². The van der Waals surface area contributed by atoms with Crippen LogP contribution < -0.4 is 14.4 Å². The van der Waals surface area contributed by atoms with E-state index in [-0.39, 0.29) is 0 Å². The van der Waals surface area contributed by atoms with E-state index in [0.717, 1.165) is 61.7 Å². The molecule has 6 nitrogen and oxygen atoms in total. The Bertz CT molecular complexity index is 1130. The van der Waals surface area contributed by atoms with Crippen LogP contribution in [0.25, 0.3) is 11.1 Å². The molecule has 174 valence electrons. The molecule has 7 heteroatoms. The van der Waals surface area contributed by atoms with E-state index < -0.39 is 10.0 Å². The molecule has 1 heterocycles. The second kappa shape index (κ2) is 10.8. The number of benzene rings is 3. The largest absolute Gasteiger partial charge is 0.495 e. The summed E-state index contributed by atoms with van der Waals surface area (Å²) in [5.41, 5.74) is 3.20. The first-order valence-corrected chi connectivity index (χ1v) is 12.8. The fourth-order valence-electron chi connectivity index (χ4n) is 4.15. The molecule has 1 aliphatic heterocycles. The number of rotatable bonds is 9. The number of para-hydroxylation sites is 2. The van der Waals surface area contributed by atoms with Gasteiger partial charge in [-0.2, -0.15) is 0 Å². The van der Waals surface area contributed by atoms with Crippen molar-refractivity contribution >= 4 is 15.7 Å². The van der Waals surface area contributed by atoms with Crippen molar-refractivity contribution in [1.82, 2.24) is 9.62 Å². The minimum absolute atomic E-state index is 0.299. The fourth-order valence-corrected chi connectivity index (χ4v) is 5.23. The first-order valence-electron chi connectivity index (χ1n) is 11.3. The van der Waals surface area contributed by atoms with Crippen LogP contribution in [0.3, 0.4) is 0 Å². The zero-order valence-corrected chi connectivity index (χ0v) is 19.8. The van der Waals surface area contributed by atoms with Gasteiger partial charge in [0.25, 0.3) is 0 Å². The van der Waals surface area contributed by atoms with E-state index in [2.05, 4.69) is 20.6 Å². The molecule has 0 bridgehead atoms. The minimum Gasteiger partial charge on any atom is -0.495 e. The molecule has 0 unspecified atom stereocenters. The molecule has 3 aromatic rings. The van der Waals surface area contributed by atoms with Crippen molar-refractivity contribution in [3.8, 4) is 16.9 Å². The Kier molecular flexibility index (Phi) is 7.65. The molecule has 1 fully saturated rings. The third-order valence-corrected chi connectivity index (χ3v) is 7.49. The maximum atomic E-state index is 12.6. The van der Waals surface area contributed by atoms with Crippen LogP contribution in [0.15, 0.2) is 83.8 Å². The molecule has 0 radical (unpaired) electrons. The number of anilines is 1. The van der Waals surface area contributed by atoms with Crippen molar-refractivity contribution in [2.45, 2.75) is 11.3 Å². The number of hydrogen-bond acceptors (Lipinski definition) is 5. The SMILES string of the molecule is COc1ccccc1N1CCN(CCCNS(=O)(=O)c2ccc(-c3ccccc3)cc2)CC1. The lowest BCUT2D eigenvalue weighted by atomic mass is 10.1. The maximum absolute atomic E-state index is 12.6. The number of ether oxygens (including phenoxy) is 1. The van der Waals surface area contributed by atoms with E-state index in [4.69, 9.17) is 4.74 Å². The van der Waals surface area contributed by atoms with Crippen LogP contribution in [0.2, 0.25) is 0 Å². The summed E-state index contributed by atoms with van der Waals surface area (Å²) in [5.74, 6) is 0.900. The predicted octanol–water partition coefficient (Wildman–Crippen LogP) is 3.85. The number of nitrogens with zero attached hydrogens (tertiary/aromatic N) is 2. The molecule has 0 spiro atoms. The zero-order valence-electron chi connectivity index (χ0n) is 19.0. The standard InChI is InChI=1S/C26H31N3O3S/c1-32-26-11-6-5-10-25(26)29-20-18-28(19-21-29)17-7-16-27-33(30,31)24-14-12-23(13-15-24)22-8-3-2-4-9-22/h2-6,8-15,27H,7,16-21H2,1H3. The smallest absolute Gasteiger partial charge is 0.240 e. The summed E-state index contributed by atoms with van der Waals surface area (Å²) < 4.78 is 33.5. The molecule has 0 aromatic heterocycles. The lowest BCUT2D eigenvalue weighted by Crippen LogP contribution is -2.47. The van der Waals surface area contributed by atoms with E-state index in [0.29, 0.717) is 11.4 Å². The van der Waals surface area contributed by atoms with Crippen LogP contribution >= 0.6 is 0 Å². The summed E-state index contributed by atoms with van der Waals surface area (Å²) in [5, 5.41) is 0. The molecular formula is C26H31N3O3S. The molecule has 33 heavy (non-hydrogen) atoms. The van der Waals surface area contributed by atoms with Crippen LogP contribution in [0.4, 0.5) is 5.69 Å². The molecule has 0 aliphatic carbocycles. The van der Waals surface area contributed by atoms with Crippen LogP contribution in [0.1, 0.15) is 6.42 Å². The average Bonchev–Trinajstić information content (AvgIpc) is 2.87. The molecule has 0 saturated carbocycles. The molecular weight excluding hydrogens is 434 g/mol.